The van der Waals surface area contributed by atoms with Crippen LogP contribution in [-0.2, 0) is 16.6 Å². The van der Waals surface area contributed by atoms with Crippen molar-refractivity contribution in [2.24, 2.45) is 7.05 Å². The summed E-state index contributed by atoms with van der Waals surface area (Å²) in [5.41, 5.74) is 0.795. The molecule has 3 aliphatic heterocycles. The van der Waals surface area contributed by atoms with Crippen molar-refractivity contribution in [1.82, 2.24) is 19.4 Å². The highest BCUT2D eigenvalue weighted by Crippen LogP contribution is 2.51. The molecule has 4 heterocycles. The number of hydrogen-bond acceptors (Lipinski definition) is 4. The van der Waals surface area contributed by atoms with Gasteiger partial charge in [0.15, 0.2) is 5.72 Å². The summed E-state index contributed by atoms with van der Waals surface area (Å²) in [6, 6.07) is 9.64. The van der Waals surface area contributed by atoms with Gasteiger partial charge in [-0.3, -0.25) is 9.59 Å². The molecule has 26 heavy (non-hydrogen) atoms. The molecule has 1 aromatic heterocycles. The third-order valence-electron chi connectivity index (χ3n) is 5.82. The van der Waals surface area contributed by atoms with E-state index in [1.54, 1.807) is 22.0 Å². The van der Waals surface area contributed by atoms with Gasteiger partial charge in [0.2, 0.25) is 5.91 Å². The zero-order chi connectivity index (χ0) is 17.9. The first kappa shape index (κ1) is 15.6. The van der Waals surface area contributed by atoms with Crippen molar-refractivity contribution in [3.8, 4) is 0 Å². The smallest absolute Gasteiger partial charge is 0.274 e. The third kappa shape index (κ3) is 2.00. The topological polar surface area (TPSA) is 67.7 Å². The van der Waals surface area contributed by atoms with Crippen molar-refractivity contribution in [3.05, 3.63) is 54.1 Å². The lowest BCUT2D eigenvalue weighted by atomic mass is 10.0. The number of aryl methyl sites for hydroxylation is 1. The summed E-state index contributed by atoms with van der Waals surface area (Å²) < 4.78 is 7.99. The highest BCUT2D eigenvalue weighted by molar-refractivity contribution is 5.94. The number of benzene rings is 1. The predicted molar refractivity (Wildman–Crippen MR) is 92.0 cm³/mol. The number of amides is 2. The Morgan fingerprint density at radius 3 is 2.85 bits per heavy atom. The van der Waals surface area contributed by atoms with Gasteiger partial charge in [-0.25, -0.2) is 4.98 Å². The van der Waals surface area contributed by atoms with E-state index in [0.717, 1.165) is 5.56 Å². The highest BCUT2D eigenvalue weighted by Gasteiger charge is 2.65. The fourth-order valence-electron chi connectivity index (χ4n) is 4.68. The Morgan fingerprint density at radius 2 is 2.12 bits per heavy atom. The molecule has 5 rings (SSSR count). The van der Waals surface area contributed by atoms with Gasteiger partial charge in [-0.2, -0.15) is 0 Å². The molecule has 3 saturated heterocycles. The molecule has 1 aromatic carbocycles. The summed E-state index contributed by atoms with van der Waals surface area (Å²) in [5, 5.41) is 0. The molecule has 0 aliphatic carbocycles. The summed E-state index contributed by atoms with van der Waals surface area (Å²) in [4.78, 5) is 33.6. The molecule has 0 bridgehead atoms. The van der Waals surface area contributed by atoms with Crippen LogP contribution in [0.4, 0.5) is 0 Å². The van der Waals surface area contributed by atoms with E-state index >= 15 is 0 Å². The van der Waals surface area contributed by atoms with E-state index in [4.69, 9.17) is 4.74 Å². The lowest BCUT2D eigenvalue weighted by Crippen LogP contribution is -2.49. The van der Waals surface area contributed by atoms with Gasteiger partial charge in [0.1, 0.15) is 5.69 Å². The SMILES string of the molecule is Cn1cnc(C(=O)N2CC[C@@]34OC[C@@H](c5ccccc5)N3C(=O)C[C@@H]24)c1. The van der Waals surface area contributed by atoms with Crippen LogP contribution in [0.5, 0.6) is 0 Å². The second-order valence-electron chi connectivity index (χ2n) is 7.24. The fourth-order valence-corrected chi connectivity index (χ4v) is 4.68. The van der Waals surface area contributed by atoms with E-state index in [-0.39, 0.29) is 23.9 Å². The van der Waals surface area contributed by atoms with Crippen LogP contribution in [0.2, 0.25) is 0 Å². The highest BCUT2D eigenvalue weighted by atomic mass is 16.5. The maximum absolute atomic E-state index is 12.9. The van der Waals surface area contributed by atoms with E-state index in [1.165, 1.54) is 0 Å². The second kappa shape index (κ2) is 5.41. The van der Waals surface area contributed by atoms with Crippen molar-refractivity contribution in [3.63, 3.8) is 0 Å². The largest absolute Gasteiger partial charge is 0.351 e. The van der Waals surface area contributed by atoms with E-state index in [1.807, 2.05) is 42.3 Å². The maximum atomic E-state index is 12.9. The molecule has 0 unspecified atom stereocenters. The van der Waals surface area contributed by atoms with Gasteiger partial charge in [0.05, 0.1) is 31.4 Å². The van der Waals surface area contributed by atoms with Crippen LogP contribution in [0.25, 0.3) is 0 Å². The van der Waals surface area contributed by atoms with E-state index in [2.05, 4.69) is 4.98 Å². The van der Waals surface area contributed by atoms with Crippen LogP contribution >= 0.6 is 0 Å². The molecule has 2 aromatic rings. The first-order valence-electron chi connectivity index (χ1n) is 8.90. The zero-order valence-corrected chi connectivity index (χ0v) is 14.5. The second-order valence-corrected chi connectivity index (χ2v) is 7.24. The number of carbonyl (C=O) groups is 2. The van der Waals surface area contributed by atoms with E-state index < -0.39 is 5.72 Å². The Hall–Kier alpha value is -2.67. The molecule has 3 aliphatic rings. The molecule has 3 fully saturated rings. The Kier molecular flexibility index (Phi) is 3.24. The number of aromatic nitrogens is 2. The standard InChI is InChI=1S/C19H20N4O3/c1-21-10-14(20-12-21)18(25)22-8-7-19-16(22)9-17(24)23(19)15(11-26-19)13-5-3-2-4-6-13/h2-6,10,12,15-16H,7-9,11H2,1H3/t15-,16+,19-/m0/s1. The Balaban J connectivity index is 1.47. The number of rotatable bonds is 2. The van der Waals surface area contributed by atoms with Crippen LogP contribution in [-0.4, -0.2) is 56.1 Å². The van der Waals surface area contributed by atoms with Crippen LogP contribution < -0.4 is 0 Å². The normalized spacial score (nSPS) is 30.0. The minimum absolute atomic E-state index is 0.0554. The number of ether oxygens (including phenoxy) is 1. The van der Waals surface area contributed by atoms with Crippen molar-refractivity contribution in [1.29, 1.82) is 0 Å². The number of hydrogen-bond donors (Lipinski definition) is 0. The molecule has 1 spiro atoms. The third-order valence-corrected chi connectivity index (χ3v) is 5.82. The fraction of sp³-hybridized carbons (Fsp3) is 0.421. The molecular weight excluding hydrogens is 332 g/mol. The van der Waals surface area contributed by atoms with Gasteiger partial charge in [-0.1, -0.05) is 30.3 Å². The van der Waals surface area contributed by atoms with Crippen molar-refractivity contribution < 1.29 is 14.3 Å². The molecule has 7 nitrogen and oxygen atoms in total. The molecule has 0 saturated carbocycles. The lowest BCUT2D eigenvalue weighted by molar-refractivity contribution is -0.138. The lowest BCUT2D eigenvalue weighted by Gasteiger charge is -2.33. The number of nitrogens with zero attached hydrogens (tertiary/aromatic N) is 4. The monoisotopic (exact) mass is 352 g/mol. The quantitative estimate of drug-likeness (QED) is 0.818. The van der Waals surface area contributed by atoms with E-state index in [0.29, 0.717) is 31.7 Å². The summed E-state index contributed by atoms with van der Waals surface area (Å²) in [6.07, 6.45) is 4.28. The van der Waals surface area contributed by atoms with Crippen molar-refractivity contribution >= 4 is 11.8 Å². The number of carbonyl (C=O) groups excluding carboxylic acids is 2. The average molecular weight is 352 g/mol. The van der Waals surface area contributed by atoms with Crippen molar-refractivity contribution in [2.45, 2.75) is 30.7 Å². The molecule has 0 radical (unpaired) electrons. The van der Waals surface area contributed by atoms with Gasteiger partial charge in [-0.15, -0.1) is 0 Å². The Labute approximate surface area is 151 Å². The van der Waals surface area contributed by atoms with Gasteiger partial charge < -0.3 is 19.1 Å². The molecular formula is C19H20N4O3. The zero-order valence-electron chi connectivity index (χ0n) is 14.5. The van der Waals surface area contributed by atoms with Crippen LogP contribution in [0.1, 0.15) is 34.9 Å². The number of likely N-dealkylation sites (tertiary alicyclic amines) is 1. The predicted octanol–water partition coefficient (Wildman–Crippen LogP) is 1.33. The first-order chi connectivity index (χ1) is 12.6. The maximum Gasteiger partial charge on any atom is 0.274 e. The van der Waals surface area contributed by atoms with Gasteiger partial charge in [-0.05, 0) is 5.56 Å². The van der Waals surface area contributed by atoms with E-state index in [9.17, 15) is 9.59 Å². The minimum Gasteiger partial charge on any atom is -0.351 e. The average Bonchev–Trinajstić information content (AvgIpc) is 3.38. The summed E-state index contributed by atoms with van der Waals surface area (Å²) >= 11 is 0. The molecule has 134 valence electrons. The summed E-state index contributed by atoms with van der Waals surface area (Å²) in [7, 11) is 1.83. The van der Waals surface area contributed by atoms with Crippen molar-refractivity contribution in [2.75, 3.05) is 13.2 Å². The van der Waals surface area contributed by atoms with Gasteiger partial charge >= 0.3 is 0 Å². The summed E-state index contributed by atoms with van der Waals surface area (Å²) in [6.45, 7) is 1.04. The first-order valence-corrected chi connectivity index (χ1v) is 8.90. The van der Waals surface area contributed by atoms with Gasteiger partial charge in [0, 0.05) is 26.2 Å². The number of imidazole rings is 1. The molecule has 3 atom stereocenters. The Bertz CT molecular complexity index is 880. The molecule has 0 N–H and O–H groups in total. The van der Waals surface area contributed by atoms with Crippen LogP contribution in [0.15, 0.2) is 42.9 Å². The molecule has 7 heteroatoms. The van der Waals surface area contributed by atoms with Crippen LogP contribution in [0.3, 0.4) is 0 Å². The Morgan fingerprint density at radius 1 is 1.31 bits per heavy atom. The minimum atomic E-state index is -0.692. The van der Waals surface area contributed by atoms with Crippen LogP contribution in [0, 0.1) is 0 Å². The summed E-state index contributed by atoms with van der Waals surface area (Å²) in [5.74, 6) is -0.0752. The van der Waals surface area contributed by atoms with Gasteiger partial charge in [0.25, 0.3) is 5.91 Å². The molecule has 2 amide bonds.